The van der Waals surface area contributed by atoms with Gasteiger partial charge in [-0.3, -0.25) is 0 Å². The average molecular weight is 326 g/mol. The SMILES string of the molecule is CN(Cc1cccc(Cl)c1)c1cc(Br)ccc1N. The van der Waals surface area contributed by atoms with E-state index in [1.807, 2.05) is 43.4 Å². The van der Waals surface area contributed by atoms with Gasteiger partial charge in [0.15, 0.2) is 0 Å². The average Bonchev–Trinajstić information content (AvgIpc) is 2.32. The number of benzene rings is 2. The van der Waals surface area contributed by atoms with E-state index in [1.54, 1.807) is 0 Å². The van der Waals surface area contributed by atoms with Crippen LogP contribution in [0.3, 0.4) is 0 Å². The summed E-state index contributed by atoms with van der Waals surface area (Å²) in [6.07, 6.45) is 0. The third kappa shape index (κ3) is 3.18. The van der Waals surface area contributed by atoms with Crippen LogP contribution >= 0.6 is 27.5 Å². The van der Waals surface area contributed by atoms with Crippen molar-refractivity contribution in [3.05, 3.63) is 57.5 Å². The molecule has 0 unspecified atom stereocenters. The molecule has 0 radical (unpaired) electrons. The third-order valence-electron chi connectivity index (χ3n) is 2.71. The summed E-state index contributed by atoms with van der Waals surface area (Å²) in [5.74, 6) is 0. The predicted octanol–water partition coefficient (Wildman–Crippen LogP) is 4.32. The molecule has 0 aliphatic carbocycles. The number of halogens is 2. The number of rotatable bonds is 3. The lowest BCUT2D eigenvalue weighted by Gasteiger charge is -2.21. The maximum absolute atomic E-state index is 5.99. The maximum atomic E-state index is 5.99. The fourth-order valence-corrected chi connectivity index (χ4v) is 2.40. The smallest absolute Gasteiger partial charge is 0.0611 e. The fourth-order valence-electron chi connectivity index (χ4n) is 1.84. The summed E-state index contributed by atoms with van der Waals surface area (Å²) in [7, 11) is 2.01. The van der Waals surface area contributed by atoms with Crippen LogP contribution in [-0.4, -0.2) is 7.05 Å². The summed E-state index contributed by atoms with van der Waals surface area (Å²) in [5.41, 5.74) is 8.91. The number of nitrogens with zero attached hydrogens (tertiary/aromatic N) is 1. The molecule has 0 aliphatic heterocycles. The van der Waals surface area contributed by atoms with Gasteiger partial charge >= 0.3 is 0 Å². The highest BCUT2D eigenvalue weighted by Gasteiger charge is 2.07. The predicted molar refractivity (Wildman–Crippen MR) is 82.1 cm³/mol. The number of nitrogen functional groups attached to an aromatic ring is 1. The summed E-state index contributed by atoms with van der Waals surface area (Å²) in [6, 6.07) is 13.7. The van der Waals surface area contributed by atoms with Gasteiger partial charge in [-0.15, -0.1) is 0 Å². The minimum atomic E-state index is 0.753. The molecule has 2 nitrogen and oxygen atoms in total. The lowest BCUT2D eigenvalue weighted by Crippen LogP contribution is -2.17. The Morgan fingerprint density at radius 1 is 1.22 bits per heavy atom. The van der Waals surface area contributed by atoms with Gasteiger partial charge in [0.1, 0.15) is 0 Å². The van der Waals surface area contributed by atoms with E-state index >= 15 is 0 Å². The topological polar surface area (TPSA) is 29.3 Å². The zero-order chi connectivity index (χ0) is 13.1. The molecule has 2 aromatic carbocycles. The second-order valence-electron chi connectivity index (χ2n) is 4.19. The van der Waals surface area contributed by atoms with Crippen molar-refractivity contribution in [3.8, 4) is 0 Å². The molecule has 0 saturated carbocycles. The summed E-state index contributed by atoms with van der Waals surface area (Å²) in [6.45, 7) is 0.765. The van der Waals surface area contributed by atoms with E-state index in [1.165, 1.54) is 0 Å². The molecule has 18 heavy (non-hydrogen) atoms. The summed E-state index contributed by atoms with van der Waals surface area (Å²) < 4.78 is 1.02. The van der Waals surface area contributed by atoms with E-state index in [0.29, 0.717) is 0 Å². The standard InChI is InChI=1S/C14H14BrClN2/c1-18(9-10-3-2-4-12(16)7-10)14-8-11(15)5-6-13(14)17/h2-8H,9,17H2,1H3. The summed E-state index contributed by atoms with van der Waals surface area (Å²) >= 11 is 9.44. The quantitative estimate of drug-likeness (QED) is 0.852. The van der Waals surface area contributed by atoms with Gasteiger partial charge < -0.3 is 10.6 Å². The first kappa shape index (κ1) is 13.2. The van der Waals surface area contributed by atoms with Crippen molar-refractivity contribution in [1.82, 2.24) is 0 Å². The lowest BCUT2D eigenvalue weighted by molar-refractivity contribution is 0.924. The van der Waals surface area contributed by atoms with Crippen molar-refractivity contribution in [2.75, 3.05) is 17.7 Å². The van der Waals surface area contributed by atoms with Crippen LogP contribution in [0.2, 0.25) is 5.02 Å². The van der Waals surface area contributed by atoms with Crippen LogP contribution in [0.15, 0.2) is 46.9 Å². The first-order valence-corrected chi connectivity index (χ1v) is 6.74. The van der Waals surface area contributed by atoms with Gasteiger partial charge in [0, 0.05) is 23.1 Å². The van der Waals surface area contributed by atoms with Crippen LogP contribution in [0, 0.1) is 0 Å². The minimum absolute atomic E-state index is 0.753. The third-order valence-corrected chi connectivity index (χ3v) is 3.44. The van der Waals surface area contributed by atoms with E-state index in [9.17, 15) is 0 Å². The number of anilines is 2. The fraction of sp³-hybridized carbons (Fsp3) is 0.143. The number of hydrogen-bond acceptors (Lipinski definition) is 2. The zero-order valence-electron chi connectivity index (χ0n) is 10.0. The molecule has 0 aromatic heterocycles. The van der Waals surface area contributed by atoms with Crippen molar-refractivity contribution in [2.45, 2.75) is 6.54 Å². The molecule has 0 spiro atoms. The molecule has 0 bridgehead atoms. The summed E-state index contributed by atoms with van der Waals surface area (Å²) in [4.78, 5) is 2.10. The largest absolute Gasteiger partial charge is 0.397 e. The molecular weight excluding hydrogens is 312 g/mol. The first-order valence-electron chi connectivity index (χ1n) is 5.57. The van der Waals surface area contributed by atoms with E-state index in [0.717, 1.165) is 33.0 Å². The van der Waals surface area contributed by atoms with E-state index in [4.69, 9.17) is 17.3 Å². The monoisotopic (exact) mass is 324 g/mol. The first-order chi connectivity index (χ1) is 8.56. The van der Waals surface area contributed by atoms with E-state index in [-0.39, 0.29) is 0 Å². The van der Waals surface area contributed by atoms with Gasteiger partial charge in [0.25, 0.3) is 0 Å². The van der Waals surface area contributed by atoms with Crippen molar-refractivity contribution < 1.29 is 0 Å². The Kier molecular flexibility index (Phi) is 4.15. The van der Waals surface area contributed by atoms with Gasteiger partial charge in [-0.1, -0.05) is 39.7 Å². The van der Waals surface area contributed by atoms with Gasteiger partial charge in [0.2, 0.25) is 0 Å². The second-order valence-corrected chi connectivity index (χ2v) is 5.54. The Hall–Kier alpha value is -1.19. The van der Waals surface area contributed by atoms with Crippen LogP contribution in [0.25, 0.3) is 0 Å². The van der Waals surface area contributed by atoms with E-state index < -0.39 is 0 Å². The van der Waals surface area contributed by atoms with Crippen LogP contribution in [0.1, 0.15) is 5.56 Å². The van der Waals surface area contributed by atoms with Gasteiger partial charge in [-0.25, -0.2) is 0 Å². The van der Waals surface area contributed by atoms with Crippen molar-refractivity contribution in [1.29, 1.82) is 0 Å². The summed E-state index contributed by atoms with van der Waals surface area (Å²) in [5, 5.41) is 0.753. The molecule has 2 N–H and O–H groups in total. The molecule has 0 aliphatic rings. The van der Waals surface area contributed by atoms with Crippen molar-refractivity contribution in [2.24, 2.45) is 0 Å². The van der Waals surface area contributed by atoms with Crippen LogP contribution in [-0.2, 0) is 6.54 Å². The maximum Gasteiger partial charge on any atom is 0.0611 e. The molecule has 2 rings (SSSR count). The number of hydrogen-bond donors (Lipinski definition) is 1. The molecule has 94 valence electrons. The number of nitrogens with two attached hydrogens (primary N) is 1. The molecule has 2 aromatic rings. The second kappa shape index (κ2) is 5.63. The Balaban J connectivity index is 2.21. The van der Waals surface area contributed by atoms with E-state index in [2.05, 4.69) is 26.9 Å². The molecule has 0 atom stereocenters. The lowest BCUT2D eigenvalue weighted by atomic mass is 10.2. The molecular formula is C14H14BrClN2. The Bertz CT molecular complexity index is 557. The van der Waals surface area contributed by atoms with Crippen LogP contribution < -0.4 is 10.6 Å². The van der Waals surface area contributed by atoms with Crippen molar-refractivity contribution in [3.63, 3.8) is 0 Å². The highest BCUT2D eigenvalue weighted by atomic mass is 79.9. The molecule has 0 saturated heterocycles. The Morgan fingerprint density at radius 3 is 2.72 bits per heavy atom. The highest BCUT2D eigenvalue weighted by Crippen LogP contribution is 2.27. The normalized spacial score (nSPS) is 10.4. The zero-order valence-corrected chi connectivity index (χ0v) is 12.4. The van der Waals surface area contributed by atoms with Crippen molar-refractivity contribution >= 4 is 38.9 Å². The molecule has 0 fully saturated rings. The Morgan fingerprint density at radius 2 is 2.00 bits per heavy atom. The highest BCUT2D eigenvalue weighted by molar-refractivity contribution is 9.10. The Labute approximate surface area is 120 Å². The minimum Gasteiger partial charge on any atom is -0.397 e. The molecule has 0 heterocycles. The van der Waals surface area contributed by atoms with Crippen LogP contribution in [0.5, 0.6) is 0 Å². The molecule has 0 amide bonds. The molecule has 4 heteroatoms. The van der Waals surface area contributed by atoms with Gasteiger partial charge in [0.05, 0.1) is 11.4 Å². The van der Waals surface area contributed by atoms with Gasteiger partial charge in [-0.05, 0) is 35.9 Å². The van der Waals surface area contributed by atoms with Gasteiger partial charge in [-0.2, -0.15) is 0 Å². The van der Waals surface area contributed by atoms with Crippen LogP contribution in [0.4, 0.5) is 11.4 Å².